The van der Waals surface area contributed by atoms with Gasteiger partial charge in [-0.1, -0.05) is 0 Å². The molecule has 1 aliphatic rings. The normalized spacial score (nSPS) is 17.4. The van der Waals surface area contributed by atoms with E-state index in [1.807, 2.05) is 14.0 Å². The van der Waals surface area contributed by atoms with Crippen LogP contribution in [-0.4, -0.2) is 55.7 Å². The van der Waals surface area contributed by atoms with Gasteiger partial charge in [-0.15, -0.1) is 0 Å². The van der Waals surface area contributed by atoms with Crippen LogP contribution in [0.2, 0.25) is 0 Å². The lowest BCUT2D eigenvalue weighted by Crippen LogP contribution is -2.41. The van der Waals surface area contributed by atoms with E-state index >= 15 is 0 Å². The molecule has 1 fully saturated rings. The van der Waals surface area contributed by atoms with E-state index in [4.69, 9.17) is 9.15 Å². The Bertz CT molecular complexity index is 1090. The number of halogens is 2. The van der Waals surface area contributed by atoms with Crippen molar-refractivity contribution in [3.05, 3.63) is 52.9 Å². The number of benzene rings is 1. The minimum Gasteiger partial charge on any atom is -0.455 e. The Morgan fingerprint density at radius 1 is 1.30 bits per heavy atom. The molecule has 0 spiro atoms. The van der Waals surface area contributed by atoms with Crippen LogP contribution in [0.5, 0.6) is 0 Å². The number of aromatic nitrogens is 1. The molecule has 0 saturated carbocycles. The van der Waals surface area contributed by atoms with Crippen molar-refractivity contribution >= 4 is 16.9 Å². The van der Waals surface area contributed by atoms with Gasteiger partial charge in [0.05, 0.1) is 18.3 Å². The van der Waals surface area contributed by atoms with E-state index in [1.54, 1.807) is 12.3 Å². The number of pyridine rings is 1. The number of rotatable bonds is 4. The SMILES string of the molecule is CNC(=O)c1cc(F)c(-c2oc3cc(C)ncc3c2CC2CN(C)CCO2)c(F)c1. The molecule has 1 aliphatic heterocycles. The van der Waals surface area contributed by atoms with Crippen LogP contribution in [0.4, 0.5) is 8.78 Å². The van der Waals surface area contributed by atoms with Crippen molar-refractivity contribution in [3.63, 3.8) is 0 Å². The first kappa shape index (κ1) is 20.4. The minimum absolute atomic E-state index is 0.0938. The lowest BCUT2D eigenvalue weighted by Gasteiger charge is -2.30. The number of fused-ring (bicyclic) bond motifs is 1. The fourth-order valence-corrected chi connectivity index (χ4v) is 3.83. The van der Waals surface area contributed by atoms with E-state index < -0.39 is 17.5 Å². The van der Waals surface area contributed by atoms with Crippen molar-refractivity contribution in [2.75, 3.05) is 33.8 Å². The summed E-state index contributed by atoms with van der Waals surface area (Å²) in [6.45, 7) is 3.94. The number of aryl methyl sites for hydroxylation is 1. The zero-order valence-corrected chi connectivity index (χ0v) is 17.1. The molecule has 0 bridgehead atoms. The molecule has 8 heteroatoms. The second-order valence-corrected chi connectivity index (χ2v) is 7.58. The number of ether oxygens (including phenoxy) is 1. The van der Waals surface area contributed by atoms with E-state index in [0.29, 0.717) is 36.1 Å². The Morgan fingerprint density at radius 3 is 2.70 bits per heavy atom. The van der Waals surface area contributed by atoms with Gasteiger partial charge < -0.3 is 19.4 Å². The highest BCUT2D eigenvalue weighted by Crippen LogP contribution is 2.38. The van der Waals surface area contributed by atoms with Gasteiger partial charge in [-0.2, -0.15) is 0 Å². The Hall–Kier alpha value is -2.84. The van der Waals surface area contributed by atoms with Crippen LogP contribution in [0, 0.1) is 18.6 Å². The molecule has 1 aromatic carbocycles. The molecule has 1 saturated heterocycles. The molecule has 1 atom stereocenters. The molecule has 2 aromatic heterocycles. The average Bonchev–Trinajstić information content (AvgIpc) is 3.03. The van der Waals surface area contributed by atoms with E-state index in [2.05, 4.69) is 15.2 Å². The van der Waals surface area contributed by atoms with Crippen LogP contribution in [0.15, 0.2) is 28.8 Å². The molecule has 30 heavy (non-hydrogen) atoms. The lowest BCUT2D eigenvalue weighted by atomic mass is 9.98. The smallest absolute Gasteiger partial charge is 0.251 e. The summed E-state index contributed by atoms with van der Waals surface area (Å²) in [4.78, 5) is 18.3. The summed E-state index contributed by atoms with van der Waals surface area (Å²) in [6, 6.07) is 3.77. The molecule has 158 valence electrons. The zero-order valence-electron chi connectivity index (χ0n) is 17.1. The van der Waals surface area contributed by atoms with Gasteiger partial charge in [-0.05, 0) is 26.1 Å². The van der Waals surface area contributed by atoms with Crippen molar-refractivity contribution in [3.8, 4) is 11.3 Å². The third-order valence-electron chi connectivity index (χ3n) is 5.35. The molecule has 1 amide bonds. The molecule has 1 N–H and O–H groups in total. The molecular formula is C22H23F2N3O3. The maximum atomic E-state index is 15.0. The lowest BCUT2D eigenvalue weighted by molar-refractivity contribution is -0.0184. The van der Waals surface area contributed by atoms with Gasteiger partial charge in [0, 0.05) is 61.0 Å². The standard InChI is InChI=1S/C22H23F2N3O3/c1-12-6-19-16(10-26-12)15(9-14-11-27(3)4-5-29-14)21(30-19)20-17(23)7-13(8-18(20)24)22(28)25-2/h6-8,10,14H,4-5,9,11H2,1-3H3,(H,25,28). The van der Waals surface area contributed by atoms with Crippen molar-refractivity contribution in [1.29, 1.82) is 0 Å². The van der Waals surface area contributed by atoms with Gasteiger partial charge in [0.1, 0.15) is 23.0 Å². The molecular weight excluding hydrogens is 392 g/mol. The maximum absolute atomic E-state index is 15.0. The highest BCUT2D eigenvalue weighted by atomic mass is 19.1. The van der Waals surface area contributed by atoms with Crippen molar-refractivity contribution in [2.45, 2.75) is 19.4 Å². The maximum Gasteiger partial charge on any atom is 0.251 e. The molecule has 0 aliphatic carbocycles. The van der Waals surface area contributed by atoms with Crippen LogP contribution in [0.25, 0.3) is 22.3 Å². The summed E-state index contributed by atoms with van der Waals surface area (Å²) in [5, 5.41) is 3.06. The Morgan fingerprint density at radius 2 is 2.03 bits per heavy atom. The number of furan rings is 1. The number of carbonyl (C=O) groups excluding carboxylic acids is 1. The summed E-state index contributed by atoms with van der Waals surface area (Å²) < 4.78 is 41.8. The molecule has 4 rings (SSSR count). The molecule has 3 aromatic rings. The predicted octanol–water partition coefficient (Wildman–Crippen LogP) is 3.31. The number of morpholine rings is 1. The monoisotopic (exact) mass is 415 g/mol. The first-order valence-corrected chi connectivity index (χ1v) is 9.77. The summed E-state index contributed by atoms with van der Waals surface area (Å²) in [6.07, 6.45) is 1.95. The zero-order chi connectivity index (χ0) is 21.4. The fraction of sp³-hybridized carbons (Fsp3) is 0.364. The van der Waals surface area contributed by atoms with Crippen LogP contribution in [-0.2, 0) is 11.2 Å². The average molecular weight is 415 g/mol. The van der Waals surface area contributed by atoms with E-state index in [0.717, 1.165) is 24.4 Å². The first-order chi connectivity index (χ1) is 14.4. The number of nitrogens with zero attached hydrogens (tertiary/aromatic N) is 2. The summed E-state index contributed by atoms with van der Waals surface area (Å²) in [5.74, 6) is -2.18. The molecule has 6 nitrogen and oxygen atoms in total. The number of hydrogen-bond donors (Lipinski definition) is 1. The number of nitrogens with one attached hydrogen (secondary N) is 1. The van der Waals surface area contributed by atoms with Gasteiger partial charge in [0.15, 0.2) is 0 Å². The van der Waals surface area contributed by atoms with Crippen LogP contribution >= 0.6 is 0 Å². The van der Waals surface area contributed by atoms with Gasteiger partial charge in [-0.25, -0.2) is 8.78 Å². The largest absolute Gasteiger partial charge is 0.455 e. The fourth-order valence-electron chi connectivity index (χ4n) is 3.83. The molecule has 0 radical (unpaired) electrons. The Kier molecular flexibility index (Phi) is 5.53. The summed E-state index contributed by atoms with van der Waals surface area (Å²) in [7, 11) is 3.41. The minimum atomic E-state index is -0.861. The third-order valence-corrected chi connectivity index (χ3v) is 5.35. The van der Waals surface area contributed by atoms with Crippen molar-refractivity contribution in [1.82, 2.24) is 15.2 Å². The Balaban J connectivity index is 1.85. The van der Waals surface area contributed by atoms with E-state index in [9.17, 15) is 13.6 Å². The number of hydrogen-bond acceptors (Lipinski definition) is 5. The summed E-state index contributed by atoms with van der Waals surface area (Å²) >= 11 is 0. The van der Waals surface area contributed by atoms with E-state index in [1.165, 1.54) is 7.05 Å². The first-order valence-electron chi connectivity index (χ1n) is 9.77. The predicted molar refractivity (Wildman–Crippen MR) is 108 cm³/mol. The Labute approximate surface area is 172 Å². The second kappa shape index (κ2) is 8.12. The number of carbonyl (C=O) groups is 1. The topological polar surface area (TPSA) is 67.6 Å². The highest BCUT2D eigenvalue weighted by molar-refractivity contribution is 5.95. The quantitative estimate of drug-likeness (QED) is 0.708. The van der Waals surface area contributed by atoms with Crippen molar-refractivity contribution in [2.24, 2.45) is 0 Å². The molecule has 1 unspecified atom stereocenters. The number of likely N-dealkylation sites (N-methyl/N-ethyl adjacent to an activating group) is 1. The molecule has 3 heterocycles. The highest BCUT2D eigenvalue weighted by Gasteiger charge is 2.27. The van der Waals surface area contributed by atoms with Crippen LogP contribution in [0.3, 0.4) is 0 Å². The summed E-state index contributed by atoms with van der Waals surface area (Å²) in [5.41, 5.74) is 1.49. The third kappa shape index (κ3) is 3.80. The van der Waals surface area contributed by atoms with Crippen LogP contribution < -0.4 is 5.32 Å². The van der Waals surface area contributed by atoms with Gasteiger partial charge in [0.2, 0.25) is 0 Å². The second-order valence-electron chi connectivity index (χ2n) is 7.58. The van der Waals surface area contributed by atoms with Gasteiger partial charge in [-0.3, -0.25) is 9.78 Å². The van der Waals surface area contributed by atoms with Crippen molar-refractivity contribution < 1.29 is 22.7 Å². The number of amides is 1. The van der Waals surface area contributed by atoms with Gasteiger partial charge >= 0.3 is 0 Å². The van der Waals surface area contributed by atoms with Gasteiger partial charge in [0.25, 0.3) is 5.91 Å². The van der Waals surface area contributed by atoms with Crippen LogP contribution in [0.1, 0.15) is 21.6 Å². The van der Waals surface area contributed by atoms with E-state index in [-0.39, 0.29) is 23.0 Å².